The van der Waals surface area contributed by atoms with Crippen molar-refractivity contribution >= 4 is 44.4 Å². The number of rotatable bonds is 9. The summed E-state index contributed by atoms with van der Waals surface area (Å²) in [5, 5.41) is 5.56. The molecule has 12 nitrogen and oxygen atoms in total. The van der Waals surface area contributed by atoms with Crippen LogP contribution in [0.15, 0.2) is 61.1 Å². The normalized spacial score (nSPS) is 19.9. The van der Waals surface area contributed by atoms with Crippen molar-refractivity contribution in [3.8, 4) is 22.7 Å². The number of pyridine rings is 1. The Hall–Kier alpha value is -5.27. The molecule has 2 saturated carbocycles. The summed E-state index contributed by atoms with van der Waals surface area (Å²) < 4.78 is 43.7. The van der Waals surface area contributed by atoms with Crippen LogP contribution in [0.5, 0.6) is 5.75 Å². The largest absolute Gasteiger partial charge is 0.497 e. The second-order valence-corrected chi connectivity index (χ2v) is 18.5. The Morgan fingerprint density at radius 1 is 0.948 bits per heavy atom. The average molecular weight is 803 g/mol. The number of morpholine rings is 1. The van der Waals surface area contributed by atoms with Gasteiger partial charge in [0.15, 0.2) is 0 Å². The first-order valence-corrected chi connectivity index (χ1v) is 22.1. The molecule has 2 aromatic carbocycles. The standard InChI is InChI=1S/C45H50N6O6S/c1-27-22-46-17-16-39(27)51-43(38(23-47-51)45(53)49-24-28(2)57-29(3)25-49)33-20-32-21-34(56-4)11-15-36(32)44-42(31-8-6-5-7-9-31)37-14-10-30(18-40(37)50(44)26-33)19-41(52)48-58(54,55)35-12-13-35/h10-11,14-18,20-23,28-29,31,35H,5-9,12-13,19,24-26H2,1-4H3,(H,48,52)/t28-,29+. The lowest BCUT2D eigenvalue weighted by atomic mass is 9.81. The molecule has 302 valence electrons. The number of benzene rings is 2. The van der Waals surface area contributed by atoms with E-state index in [-0.39, 0.29) is 24.5 Å². The van der Waals surface area contributed by atoms with Crippen LogP contribution in [0.3, 0.4) is 0 Å². The highest BCUT2D eigenvalue weighted by Gasteiger charge is 2.37. The maximum absolute atomic E-state index is 14.7. The zero-order valence-electron chi connectivity index (χ0n) is 33.5. The van der Waals surface area contributed by atoms with Gasteiger partial charge in [0.05, 0.1) is 66.4 Å². The number of carbonyl (C=O) groups excluding carboxylic acids is 2. The lowest BCUT2D eigenvalue weighted by molar-refractivity contribution is -0.118. The molecule has 5 aromatic rings. The predicted octanol–water partition coefficient (Wildman–Crippen LogP) is 7.21. The van der Waals surface area contributed by atoms with Gasteiger partial charge in [-0.15, -0.1) is 0 Å². The van der Waals surface area contributed by atoms with E-state index in [0.29, 0.717) is 49.7 Å². The Balaban J connectivity index is 1.25. The van der Waals surface area contributed by atoms with Gasteiger partial charge in [-0.25, -0.2) is 13.1 Å². The molecule has 2 aliphatic carbocycles. The van der Waals surface area contributed by atoms with Gasteiger partial charge in [-0.05, 0) is 117 Å². The van der Waals surface area contributed by atoms with Crippen molar-refractivity contribution in [1.29, 1.82) is 0 Å². The number of aryl methyl sites for hydroxylation is 1. The van der Waals surface area contributed by atoms with Crippen LogP contribution in [0, 0.1) is 6.92 Å². The minimum Gasteiger partial charge on any atom is -0.497 e. The topological polar surface area (TPSA) is 138 Å². The van der Waals surface area contributed by atoms with Gasteiger partial charge < -0.3 is 18.9 Å². The zero-order valence-corrected chi connectivity index (χ0v) is 34.3. The molecule has 0 radical (unpaired) electrons. The van der Waals surface area contributed by atoms with E-state index in [1.165, 1.54) is 12.0 Å². The third-order valence-corrected chi connectivity index (χ3v) is 14.0. The molecule has 2 atom stereocenters. The van der Waals surface area contributed by atoms with E-state index in [0.717, 1.165) is 81.5 Å². The minimum atomic E-state index is -3.68. The predicted molar refractivity (Wildman–Crippen MR) is 223 cm³/mol. The molecule has 5 heterocycles. The fourth-order valence-corrected chi connectivity index (χ4v) is 10.7. The van der Waals surface area contributed by atoms with Crippen LogP contribution < -0.4 is 9.46 Å². The van der Waals surface area contributed by atoms with E-state index >= 15 is 0 Å². The number of sulfonamides is 1. The first-order valence-electron chi connectivity index (χ1n) is 20.5. The van der Waals surface area contributed by atoms with E-state index in [1.807, 2.05) is 54.6 Å². The van der Waals surface area contributed by atoms with Gasteiger partial charge in [-0.3, -0.25) is 19.3 Å². The highest BCUT2D eigenvalue weighted by atomic mass is 32.2. The van der Waals surface area contributed by atoms with Crippen molar-refractivity contribution in [2.75, 3.05) is 20.2 Å². The summed E-state index contributed by atoms with van der Waals surface area (Å²) in [7, 11) is -2.01. The SMILES string of the molecule is COc1ccc2c(c1)C=C(c1c(C(=O)N3C[C@@H](C)O[C@@H](C)C3)cnn1-c1ccncc1C)Cn1c-2c(C2CCCCC2)c2ccc(CC(=O)NS(=O)(=O)C3CC3)cc21. The summed E-state index contributed by atoms with van der Waals surface area (Å²) in [6.45, 7) is 7.31. The van der Waals surface area contributed by atoms with Crippen molar-refractivity contribution < 1.29 is 27.5 Å². The smallest absolute Gasteiger partial charge is 0.257 e. The fraction of sp³-hybridized carbons (Fsp3) is 0.422. The monoisotopic (exact) mass is 802 g/mol. The van der Waals surface area contributed by atoms with Gasteiger partial charge in [0.25, 0.3) is 5.91 Å². The number of amides is 2. The second kappa shape index (κ2) is 15.2. The van der Waals surface area contributed by atoms with E-state index < -0.39 is 21.2 Å². The van der Waals surface area contributed by atoms with Crippen LogP contribution in [0.2, 0.25) is 0 Å². The van der Waals surface area contributed by atoms with Crippen LogP contribution in [-0.2, 0) is 32.5 Å². The zero-order chi connectivity index (χ0) is 40.3. The number of nitrogens with one attached hydrogen (secondary N) is 1. The number of hydrogen-bond donors (Lipinski definition) is 1. The number of hydrogen-bond acceptors (Lipinski definition) is 8. The Labute approximate surface area is 339 Å². The van der Waals surface area contributed by atoms with Crippen molar-refractivity contribution in [3.63, 3.8) is 0 Å². The van der Waals surface area contributed by atoms with E-state index in [1.54, 1.807) is 25.7 Å². The Kier molecular flexibility index (Phi) is 10.00. The van der Waals surface area contributed by atoms with Gasteiger partial charge in [0.1, 0.15) is 5.75 Å². The molecule has 13 heteroatoms. The van der Waals surface area contributed by atoms with Crippen LogP contribution in [-0.4, -0.2) is 82.1 Å². The van der Waals surface area contributed by atoms with Crippen LogP contribution in [0.1, 0.15) is 103 Å². The van der Waals surface area contributed by atoms with Gasteiger partial charge in [-0.2, -0.15) is 5.10 Å². The Bertz CT molecular complexity index is 2570. The third kappa shape index (κ3) is 7.12. The quantitative estimate of drug-likeness (QED) is 0.165. The van der Waals surface area contributed by atoms with Crippen LogP contribution >= 0.6 is 0 Å². The molecule has 9 rings (SSSR count). The first-order chi connectivity index (χ1) is 28.0. The van der Waals surface area contributed by atoms with Gasteiger partial charge in [0.2, 0.25) is 15.9 Å². The van der Waals surface area contributed by atoms with E-state index in [4.69, 9.17) is 14.6 Å². The molecule has 1 N–H and O–H groups in total. The first kappa shape index (κ1) is 38.3. The summed E-state index contributed by atoms with van der Waals surface area (Å²) in [5.74, 6) is 0.403. The Morgan fingerprint density at radius 3 is 2.45 bits per heavy atom. The molecule has 1 saturated heterocycles. The number of carbonyl (C=O) groups is 2. The molecular formula is C45H50N6O6S. The summed E-state index contributed by atoms with van der Waals surface area (Å²) in [6, 6.07) is 14.3. The summed E-state index contributed by atoms with van der Waals surface area (Å²) >= 11 is 0. The number of nitrogens with zero attached hydrogens (tertiary/aromatic N) is 5. The van der Waals surface area contributed by atoms with Crippen molar-refractivity contribution in [2.45, 2.75) is 102 Å². The Morgan fingerprint density at radius 2 is 1.72 bits per heavy atom. The van der Waals surface area contributed by atoms with E-state index in [9.17, 15) is 18.0 Å². The molecule has 3 fully saturated rings. The number of fused-ring (bicyclic) bond motifs is 5. The average Bonchev–Trinajstić information content (AvgIpc) is 3.95. The maximum Gasteiger partial charge on any atom is 0.257 e. The summed E-state index contributed by atoms with van der Waals surface area (Å²) in [5.41, 5.74) is 9.88. The molecule has 58 heavy (non-hydrogen) atoms. The lowest BCUT2D eigenvalue weighted by Crippen LogP contribution is -2.48. The highest BCUT2D eigenvalue weighted by molar-refractivity contribution is 7.90. The molecule has 4 aliphatic rings. The fourth-order valence-electron chi connectivity index (χ4n) is 9.40. The molecule has 0 spiro atoms. The second-order valence-electron chi connectivity index (χ2n) is 16.6. The molecule has 2 aliphatic heterocycles. The number of aromatic nitrogens is 4. The number of allylic oxidation sites excluding steroid dienone is 1. The van der Waals surface area contributed by atoms with Crippen molar-refractivity contribution in [2.24, 2.45) is 0 Å². The molecule has 2 amide bonds. The minimum absolute atomic E-state index is 0.0687. The van der Waals surface area contributed by atoms with Crippen LogP contribution in [0.25, 0.3) is 39.5 Å². The van der Waals surface area contributed by atoms with Gasteiger partial charge in [0, 0.05) is 41.9 Å². The summed E-state index contributed by atoms with van der Waals surface area (Å²) in [4.78, 5) is 34.2. The molecule has 0 unspecified atom stereocenters. The molecule has 0 bridgehead atoms. The van der Waals surface area contributed by atoms with Gasteiger partial charge >= 0.3 is 0 Å². The highest BCUT2D eigenvalue weighted by Crippen LogP contribution is 2.48. The number of methoxy groups -OCH3 is 1. The lowest BCUT2D eigenvalue weighted by Gasteiger charge is -2.35. The van der Waals surface area contributed by atoms with Crippen molar-refractivity contribution in [1.82, 2.24) is 29.0 Å². The maximum atomic E-state index is 14.7. The number of ether oxygens (including phenoxy) is 2. The molecule has 3 aromatic heterocycles. The van der Waals surface area contributed by atoms with E-state index in [2.05, 4.69) is 38.5 Å². The van der Waals surface area contributed by atoms with Crippen LogP contribution in [0.4, 0.5) is 0 Å². The van der Waals surface area contributed by atoms with Crippen molar-refractivity contribution in [3.05, 3.63) is 94.6 Å². The molecular weight excluding hydrogens is 753 g/mol. The third-order valence-electron chi connectivity index (χ3n) is 12.2. The van der Waals surface area contributed by atoms with Gasteiger partial charge in [-0.1, -0.05) is 31.4 Å². The summed E-state index contributed by atoms with van der Waals surface area (Å²) in [6.07, 6.45) is 13.9.